The minimum atomic E-state index is -0.419. The number of aromatic amines is 2. The van der Waals surface area contributed by atoms with E-state index >= 15 is 4.79 Å². The molecule has 18 heteroatoms. The molecule has 6 heterocycles. The fourth-order valence-electron chi connectivity index (χ4n) is 9.26. The average Bonchev–Trinajstić information content (AvgIpc) is 4.19. The Hall–Kier alpha value is -10.4. The topological polar surface area (TPSA) is 204 Å². The summed E-state index contributed by atoms with van der Waals surface area (Å²) in [6.45, 7) is -0.0292. The maximum atomic E-state index is 15.0. The third-order valence-corrected chi connectivity index (χ3v) is 13.1. The number of H-pyrrole nitrogens is 2. The second-order valence-electron chi connectivity index (χ2n) is 17.6. The molecule has 0 spiro atoms. The van der Waals surface area contributed by atoms with E-state index in [-0.39, 0.29) is 29.6 Å². The molecule has 0 aliphatic carbocycles. The Bertz CT molecular complexity index is 4210. The smallest absolute Gasteiger partial charge is 0.284 e. The monoisotopic (exact) mass is 1030 g/mol. The van der Waals surface area contributed by atoms with Crippen molar-refractivity contribution in [1.82, 2.24) is 49.4 Å². The molecule has 0 aliphatic rings. The van der Waals surface area contributed by atoms with Gasteiger partial charge in [-0.2, -0.15) is 19.2 Å². The zero-order valence-corrected chi connectivity index (χ0v) is 41.9. The molecule has 0 saturated carbocycles. The van der Waals surface area contributed by atoms with Gasteiger partial charge in [0.15, 0.2) is 5.82 Å². The van der Waals surface area contributed by atoms with Crippen LogP contribution in [-0.2, 0) is 6.61 Å². The number of hydrogen-bond acceptors (Lipinski definition) is 13. The van der Waals surface area contributed by atoms with Crippen molar-refractivity contribution in [1.29, 1.82) is 0 Å². The Labute approximate surface area is 443 Å². The molecule has 0 fully saturated rings. The number of nitrogens with zero attached hydrogens (tertiary/aromatic N) is 8. The maximum Gasteiger partial charge on any atom is 0.284 e. The molecule has 0 aliphatic heterocycles. The lowest BCUT2D eigenvalue weighted by Gasteiger charge is -2.15. The zero-order chi connectivity index (χ0) is 52.4. The van der Waals surface area contributed by atoms with E-state index in [9.17, 15) is 4.79 Å². The van der Waals surface area contributed by atoms with Gasteiger partial charge in [0.2, 0.25) is 11.8 Å². The molecular formula is C59H43ClN12O5. The molecule has 77 heavy (non-hydrogen) atoms. The van der Waals surface area contributed by atoms with E-state index in [1.54, 1.807) is 50.6 Å². The third-order valence-electron chi connectivity index (χ3n) is 12.9. The van der Waals surface area contributed by atoms with Crippen molar-refractivity contribution in [2.24, 2.45) is 0 Å². The summed E-state index contributed by atoms with van der Waals surface area (Å²) in [4.78, 5) is 45.6. The van der Waals surface area contributed by atoms with Crippen LogP contribution in [0.15, 0.2) is 198 Å². The number of methoxy groups -OCH3 is 2. The predicted molar refractivity (Wildman–Crippen MR) is 297 cm³/mol. The SMILES string of the molecule is COc1ccc(-c2c(Nc3ccc(OCc4cc(-c5c(Nc6ncc(Cl)cn6)[nH]c6c(-c7ccccc7)c(-c7ccccc7)nn6c5=O)ccc4OC)nn3)[nH]c3c(-c4ccccc4)c(-c4ccccc4)nn3c2=O)cc1. The minimum absolute atomic E-state index is 0.0292. The second kappa shape index (κ2) is 20.5. The Kier molecular flexibility index (Phi) is 12.7. The van der Waals surface area contributed by atoms with Crippen LogP contribution in [0.1, 0.15) is 5.56 Å². The van der Waals surface area contributed by atoms with Crippen molar-refractivity contribution < 1.29 is 14.2 Å². The molecule has 12 rings (SSSR count). The fraction of sp³-hybridized carbons (Fsp3) is 0.0508. The van der Waals surface area contributed by atoms with Crippen molar-refractivity contribution in [3.63, 3.8) is 0 Å². The summed E-state index contributed by atoms with van der Waals surface area (Å²) in [5.74, 6) is 2.52. The van der Waals surface area contributed by atoms with Gasteiger partial charge in [-0.1, -0.05) is 151 Å². The molecule has 6 aromatic heterocycles. The highest BCUT2D eigenvalue weighted by Gasteiger charge is 2.26. The summed E-state index contributed by atoms with van der Waals surface area (Å²) in [5.41, 5.74) is 8.54. The quantitative estimate of drug-likeness (QED) is 0.0756. The molecule has 0 radical (unpaired) electrons. The van der Waals surface area contributed by atoms with Crippen molar-refractivity contribution in [2.45, 2.75) is 6.61 Å². The van der Waals surface area contributed by atoms with Crippen LogP contribution < -0.4 is 36.0 Å². The number of fused-ring (bicyclic) bond motifs is 2. The lowest BCUT2D eigenvalue weighted by Crippen LogP contribution is -2.20. The van der Waals surface area contributed by atoms with E-state index in [4.69, 9.17) is 36.0 Å². The summed E-state index contributed by atoms with van der Waals surface area (Å²) in [6, 6.07) is 54.9. The number of benzene rings is 6. The highest BCUT2D eigenvalue weighted by atomic mass is 35.5. The van der Waals surface area contributed by atoms with Gasteiger partial charge in [-0.05, 0) is 52.6 Å². The van der Waals surface area contributed by atoms with Gasteiger partial charge >= 0.3 is 0 Å². The first-order valence-corrected chi connectivity index (χ1v) is 24.6. The first kappa shape index (κ1) is 47.6. The van der Waals surface area contributed by atoms with Crippen LogP contribution in [0.25, 0.3) is 78.3 Å². The molecule has 0 bridgehead atoms. The molecule has 12 aromatic rings. The maximum absolute atomic E-state index is 15.0. The number of rotatable bonds is 15. The Morgan fingerprint density at radius 1 is 0.519 bits per heavy atom. The lowest BCUT2D eigenvalue weighted by atomic mass is 10.0. The molecule has 0 saturated heterocycles. The molecule has 0 unspecified atom stereocenters. The zero-order valence-electron chi connectivity index (χ0n) is 41.1. The number of hydrogen-bond donors (Lipinski definition) is 4. The highest BCUT2D eigenvalue weighted by molar-refractivity contribution is 6.30. The highest BCUT2D eigenvalue weighted by Crippen LogP contribution is 2.39. The van der Waals surface area contributed by atoms with Crippen LogP contribution in [0.2, 0.25) is 5.02 Å². The second-order valence-corrected chi connectivity index (χ2v) is 18.0. The van der Waals surface area contributed by atoms with Crippen molar-refractivity contribution in [3.05, 3.63) is 220 Å². The number of nitrogens with one attached hydrogen (secondary N) is 4. The number of anilines is 4. The van der Waals surface area contributed by atoms with Gasteiger partial charge in [0.1, 0.15) is 52.4 Å². The number of aromatic nitrogens is 10. The van der Waals surface area contributed by atoms with Gasteiger partial charge in [-0.25, -0.2) is 9.97 Å². The molecule has 0 amide bonds. The van der Waals surface area contributed by atoms with Gasteiger partial charge in [0.25, 0.3) is 11.1 Å². The molecule has 6 aromatic carbocycles. The van der Waals surface area contributed by atoms with Gasteiger partial charge < -0.3 is 34.8 Å². The van der Waals surface area contributed by atoms with Gasteiger partial charge in [-0.3, -0.25) is 9.59 Å². The summed E-state index contributed by atoms with van der Waals surface area (Å²) in [6.07, 6.45) is 2.93. The summed E-state index contributed by atoms with van der Waals surface area (Å²) >= 11 is 6.18. The molecule has 17 nitrogen and oxygen atoms in total. The van der Waals surface area contributed by atoms with Crippen LogP contribution in [-0.4, -0.2) is 63.6 Å². The van der Waals surface area contributed by atoms with E-state index < -0.39 is 5.56 Å². The fourth-order valence-corrected chi connectivity index (χ4v) is 9.36. The average molecular weight is 1040 g/mol. The third kappa shape index (κ3) is 9.23. The van der Waals surface area contributed by atoms with E-state index in [0.717, 1.165) is 33.4 Å². The standard InChI is InChI=1S/C59H43ClN12O5/c1-75-43-26-23-37(24-27-43)49-53(64-55-47(35-15-7-3-8-16-35)51(69-71(55)57(49)73)38-19-11-5-12-20-38)63-45-29-30-46(68-67-45)77-34-41-31-40(25-28-44(41)76-2)50-54(66-59-61-32-42(60)33-62-59)65-56-48(36-17-9-4-10-18-36)52(70-72(56)58(50)74)39-21-13-6-14-22-39/h3-33,64-65H,34H2,1-2H3,(H,63,67)(H,61,62,66). The Morgan fingerprint density at radius 2 is 1.01 bits per heavy atom. The summed E-state index contributed by atoms with van der Waals surface area (Å²) < 4.78 is 20.3. The van der Waals surface area contributed by atoms with Crippen LogP contribution in [0.4, 0.5) is 23.4 Å². The van der Waals surface area contributed by atoms with E-state index in [1.807, 2.05) is 140 Å². The van der Waals surface area contributed by atoms with Crippen molar-refractivity contribution >= 4 is 46.3 Å². The predicted octanol–water partition coefficient (Wildman–Crippen LogP) is 11.7. The van der Waals surface area contributed by atoms with Crippen LogP contribution >= 0.6 is 11.6 Å². The molecular weight excluding hydrogens is 992 g/mol. The van der Waals surface area contributed by atoms with E-state index in [1.165, 1.54) is 21.4 Å². The largest absolute Gasteiger partial charge is 0.497 e. The van der Waals surface area contributed by atoms with Crippen LogP contribution in [0.3, 0.4) is 0 Å². The Morgan fingerprint density at radius 3 is 1.52 bits per heavy atom. The Balaban J connectivity index is 0.897. The van der Waals surface area contributed by atoms with Crippen LogP contribution in [0.5, 0.6) is 17.4 Å². The first-order valence-electron chi connectivity index (χ1n) is 24.2. The molecule has 4 N–H and O–H groups in total. The summed E-state index contributed by atoms with van der Waals surface area (Å²) in [7, 11) is 3.14. The molecule has 0 atom stereocenters. The normalized spacial score (nSPS) is 11.2. The van der Waals surface area contributed by atoms with Crippen molar-refractivity contribution in [2.75, 3.05) is 24.9 Å². The van der Waals surface area contributed by atoms with Crippen LogP contribution in [0, 0.1) is 0 Å². The minimum Gasteiger partial charge on any atom is -0.497 e. The lowest BCUT2D eigenvalue weighted by molar-refractivity contribution is 0.282. The van der Waals surface area contributed by atoms with E-state index in [0.29, 0.717) is 78.9 Å². The number of ether oxygens (including phenoxy) is 3. The van der Waals surface area contributed by atoms with Gasteiger partial charge in [0, 0.05) is 22.8 Å². The van der Waals surface area contributed by atoms with E-state index in [2.05, 4.69) is 40.8 Å². The van der Waals surface area contributed by atoms with Gasteiger partial charge in [0.05, 0.1) is 53.9 Å². The number of halogens is 1. The molecule has 376 valence electrons. The first-order chi connectivity index (χ1) is 37.8. The van der Waals surface area contributed by atoms with Gasteiger partial charge in [-0.15, -0.1) is 10.2 Å². The van der Waals surface area contributed by atoms with Crippen molar-refractivity contribution in [3.8, 4) is 84.4 Å². The summed E-state index contributed by atoms with van der Waals surface area (Å²) in [5, 5.41) is 25.7.